The van der Waals surface area contributed by atoms with Crippen molar-refractivity contribution >= 4 is 11.6 Å². The van der Waals surface area contributed by atoms with Crippen molar-refractivity contribution in [3.63, 3.8) is 0 Å². The first-order chi connectivity index (χ1) is 7.22. The largest absolute Gasteiger partial charge is 0.316 e. The quantitative estimate of drug-likeness (QED) is 0.850. The highest BCUT2D eigenvalue weighted by Crippen LogP contribution is 2.41. The molecule has 2 rings (SSSR count). The monoisotopic (exact) mass is 224 g/mol. The summed E-state index contributed by atoms with van der Waals surface area (Å²) in [5.41, 5.74) is 1.20. The topological polar surface area (TPSA) is 24.9 Å². The number of nitrogens with zero attached hydrogens (tertiary/aromatic N) is 1. The van der Waals surface area contributed by atoms with Crippen molar-refractivity contribution in [2.75, 3.05) is 7.05 Å². The van der Waals surface area contributed by atoms with Crippen molar-refractivity contribution in [3.8, 4) is 0 Å². The van der Waals surface area contributed by atoms with Gasteiger partial charge in [0.25, 0.3) is 0 Å². The average molecular weight is 225 g/mol. The fourth-order valence-corrected chi connectivity index (χ4v) is 2.38. The van der Waals surface area contributed by atoms with Gasteiger partial charge in [-0.25, -0.2) is 0 Å². The standard InChI is InChI=1S/C12H17ClN2/c1-8-5-10(8)12(14-2)6-9-3-4-15-7-11(9)13/h3-4,7-8,10,12,14H,5-6H2,1-2H3. The first kappa shape index (κ1) is 10.9. The molecule has 2 nitrogen and oxygen atoms in total. The Morgan fingerprint density at radius 2 is 2.40 bits per heavy atom. The van der Waals surface area contributed by atoms with Crippen LogP contribution in [0.15, 0.2) is 18.5 Å². The summed E-state index contributed by atoms with van der Waals surface area (Å²) in [5, 5.41) is 4.17. The Kier molecular flexibility index (Phi) is 3.27. The lowest BCUT2D eigenvalue weighted by atomic mass is 10.0. The molecule has 0 spiro atoms. The van der Waals surface area contributed by atoms with E-state index in [2.05, 4.69) is 17.2 Å². The van der Waals surface area contributed by atoms with E-state index >= 15 is 0 Å². The van der Waals surface area contributed by atoms with E-state index < -0.39 is 0 Å². The van der Waals surface area contributed by atoms with Crippen LogP contribution in [0.2, 0.25) is 5.02 Å². The van der Waals surface area contributed by atoms with Gasteiger partial charge in [0.05, 0.1) is 5.02 Å². The van der Waals surface area contributed by atoms with E-state index in [0.717, 1.165) is 23.3 Å². The Labute approximate surface area is 96.1 Å². The van der Waals surface area contributed by atoms with Crippen LogP contribution in [-0.4, -0.2) is 18.1 Å². The number of nitrogens with one attached hydrogen (secondary N) is 1. The average Bonchev–Trinajstić information content (AvgIpc) is 2.94. The molecular formula is C12H17ClN2. The van der Waals surface area contributed by atoms with E-state index in [9.17, 15) is 0 Å². The second kappa shape index (κ2) is 4.50. The van der Waals surface area contributed by atoms with E-state index in [1.54, 1.807) is 6.20 Å². The summed E-state index contributed by atoms with van der Waals surface area (Å²) < 4.78 is 0. The molecule has 1 aliphatic carbocycles. The molecular weight excluding hydrogens is 208 g/mol. The summed E-state index contributed by atoms with van der Waals surface area (Å²) in [7, 11) is 2.03. The van der Waals surface area contributed by atoms with Crippen molar-refractivity contribution in [1.29, 1.82) is 0 Å². The zero-order chi connectivity index (χ0) is 10.8. The number of hydrogen-bond donors (Lipinski definition) is 1. The molecule has 82 valence electrons. The molecule has 1 heterocycles. The summed E-state index contributed by atoms with van der Waals surface area (Å²) in [6.45, 7) is 2.31. The molecule has 1 aromatic rings. The Morgan fingerprint density at radius 3 is 2.93 bits per heavy atom. The fraction of sp³-hybridized carbons (Fsp3) is 0.583. The minimum absolute atomic E-state index is 0.555. The first-order valence-corrected chi connectivity index (χ1v) is 5.86. The maximum Gasteiger partial charge on any atom is 0.0621 e. The summed E-state index contributed by atoms with van der Waals surface area (Å²) in [4.78, 5) is 4.00. The van der Waals surface area contributed by atoms with Crippen LogP contribution in [0.5, 0.6) is 0 Å². The molecule has 0 aliphatic heterocycles. The van der Waals surface area contributed by atoms with Crippen LogP contribution in [0.1, 0.15) is 18.9 Å². The van der Waals surface area contributed by atoms with Gasteiger partial charge in [0.15, 0.2) is 0 Å². The second-order valence-corrected chi connectivity index (χ2v) is 4.85. The normalized spacial score (nSPS) is 26.3. The maximum absolute atomic E-state index is 6.10. The highest BCUT2D eigenvalue weighted by molar-refractivity contribution is 6.31. The van der Waals surface area contributed by atoms with Gasteiger partial charge in [0.1, 0.15) is 0 Å². The molecule has 0 amide bonds. The lowest BCUT2D eigenvalue weighted by molar-refractivity contribution is 0.479. The molecule has 3 unspecified atom stereocenters. The molecule has 3 heteroatoms. The number of rotatable bonds is 4. The van der Waals surface area contributed by atoms with Gasteiger partial charge in [0, 0.05) is 18.4 Å². The molecule has 1 saturated carbocycles. The SMILES string of the molecule is CNC(Cc1ccncc1Cl)C1CC1C. The van der Waals surface area contributed by atoms with Crippen molar-refractivity contribution in [2.24, 2.45) is 11.8 Å². The summed E-state index contributed by atoms with van der Waals surface area (Å²) in [6, 6.07) is 2.57. The van der Waals surface area contributed by atoms with Crippen LogP contribution in [0.25, 0.3) is 0 Å². The Bertz CT molecular complexity index is 340. The molecule has 0 bridgehead atoms. The molecule has 0 aromatic carbocycles. The van der Waals surface area contributed by atoms with Gasteiger partial charge in [-0.3, -0.25) is 4.98 Å². The van der Waals surface area contributed by atoms with Crippen LogP contribution in [0.3, 0.4) is 0 Å². The first-order valence-electron chi connectivity index (χ1n) is 5.48. The van der Waals surface area contributed by atoms with Crippen LogP contribution >= 0.6 is 11.6 Å². The van der Waals surface area contributed by atoms with Crippen molar-refractivity contribution in [3.05, 3.63) is 29.0 Å². The lowest BCUT2D eigenvalue weighted by Gasteiger charge is -2.16. The second-order valence-electron chi connectivity index (χ2n) is 4.44. The van der Waals surface area contributed by atoms with Crippen LogP contribution in [0, 0.1) is 11.8 Å². The Hall–Kier alpha value is -0.600. The van der Waals surface area contributed by atoms with Crippen LogP contribution < -0.4 is 5.32 Å². The zero-order valence-electron chi connectivity index (χ0n) is 9.20. The van der Waals surface area contributed by atoms with E-state index in [1.807, 2.05) is 19.3 Å². The van der Waals surface area contributed by atoms with Gasteiger partial charge in [-0.1, -0.05) is 18.5 Å². The van der Waals surface area contributed by atoms with Crippen molar-refractivity contribution in [1.82, 2.24) is 10.3 Å². The van der Waals surface area contributed by atoms with E-state index in [-0.39, 0.29) is 0 Å². The van der Waals surface area contributed by atoms with Gasteiger partial charge < -0.3 is 5.32 Å². The van der Waals surface area contributed by atoms with E-state index in [4.69, 9.17) is 11.6 Å². The zero-order valence-corrected chi connectivity index (χ0v) is 9.96. The van der Waals surface area contributed by atoms with Crippen molar-refractivity contribution in [2.45, 2.75) is 25.8 Å². The highest BCUT2D eigenvalue weighted by atomic mass is 35.5. The predicted molar refractivity (Wildman–Crippen MR) is 63.1 cm³/mol. The maximum atomic E-state index is 6.10. The predicted octanol–water partition coefficient (Wildman–Crippen LogP) is 2.52. The molecule has 0 radical (unpaired) electrons. The lowest BCUT2D eigenvalue weighted by Crippen LogP contribution is -2.30. The minimum Gasteiger partial charge on any atom is -0.316 e. The summed E-state index contributed by atoms with van der Waals surface area (Å²) in [5.74, 6) is 1.68. The van der Waals surface area contributed by atoms with Crippen LogP contribution in [0.4, 0.5) is 0 Å². The molecule has 1 fully saturated rings. The van der Waals surface area contributed by atoms with Crippen molar-refractivity contribution < 1.29 is 0 Å². The fourth-order valence-electron chi connectivity index (χ4n) is 2.19. The van der Waals surface area contributed by atoms with E-state index in [0.29, 0.717) is 6.04 Å². The molecule has 1 aromatic heterocycles. The Morgan fingerprint density at radius 1 is 1.67 bits per heavy atom. The molecule has 3 atom stereocenters. The number of likely N-dealkylation sites (N-methyl/N-ethyl adjacent to an activating group) is 1. The van der Waals surface area contributed by atoms with Gasteiger partial charge in [0.2, 0.25) is 0 Å². The van der Waals surface area contributed by atoms with E-state index in [1.165, 1.54) is 12.0 Å². The number of halogens is 1. The number of aromatic nitrogens is 1. The number of hydrogen-bond acceptors (Lipinski definition) is 2. The third-order valence-corrected chi connectivity index (χ3v) is 3.70. The third kappa shape index (κ3) is 2.50. The molecule has 15 heavy (non-hydrogen) atoms. The van der Waals surface area contributed by atoms with Gasteiger partial charge in [-0.2, -0.15) is 0 Å². The van der Waals surface area contributed by atoms with Gasteiger partial charge >= 0.3 is 0 Å². The molecule has 0 saturated heterocycles. The third-order valence-electron chi connectivity index (χ3n) is 3.36. The smallest absolute Gasteiger partial charge is 0.0621 e. The van der Waals surface area contributed by atoms with Crippen LogP contribution in [-0.2, 0) is 6.42 Å². The highest BCUT2D eigenvalue weighted by Gasteiger charge is 2.38. The summed E-state index contributed by atoms with van der Waals surface area (Å²) in [6.07, 6.45) is 5.88. The summed E-state index contributed by atoms with van der Waals surface area (Å²) >= 11 is 6.10. The van der Waals surface area contributed by atoms with Gasteiger partial charge in [-0.15, -0.1) is 0 Å². The van der Waals surface area contributed by atoms with Gasteiger partial charge in [-0.05, 0) is 43.4 Å². The minimum atomic E-state index is 0.555. The molecule has 1 N–H and O–H groups in total. The molecule has 1 aliphatic rings. The number of pyridine rings is 1. The Balaban J connectivity index is 2.03.